The largest absolute Gasteiger partial charge is 0.486 e. The van der Waals surface area contributed by atoms with Crippen molar-refractivity contribution in [1.82, 2.24) is 5.32 Å². The van der Waals surface area contributed by atoms with Crippen molar-refractivity contribution in [3.05, 3.63) is 48.0 Å². The monoisotopic (exact) mass is 453 g/mol. The van der Waals surface area contributed by atoms with Gasteiger partial charge in [-0.05, 0) is 42.8 Å². The zero-order chi connectivity index (χ0) is 23.2. The second-order valence-electron chi connectivity index (χ2n) is 7.90. The van der Waals surface area contributed by atoms with Gasteiger partial charge < -0.3 is 29.7 Å². The summed E-state index contributed by atoms with van der Waals surface area (Å²) in [6, 6.07) is 11.1. The number of amides is 3. The molecule has 1 atom stereocenters. The van der Waals surface area contributed by atoms with Crippen molar-refractivity contribution in [1.29, 1.82) is 0 Å². The van der Waals surface area contributed by atoms with Crippen LogP contribution in [0.1, 0.15) is 36.5 Å². The molecule has 33 heavy (non-hydrogen) atoms. The molecule has 2 aromatic rings. The molecule has 2 aliphatic rings. The Kier molecular flexibility index (Phi) is 6.97. The van der Waals surface area contributed by atoms with E-state index in [0.717, 1.165) is 12.8 Å². The molecule has 1 fully saturated rings. The topological polar surface area (TPSA) is 106 Å². The number of unbranched alkanes of at least 4 members (excludes halogenated alkanes) is 1. The van der Waals surface area contributed by atoms with Gasteiger partial charge in [-0.2, -0.15) is 0 Å². The SMILES string of the molecule is CCCCOC(=O)c1ccc(NC(=O)N[C@@H]2CC(=O)N(c3ccc4c(c3)OCCO4)C2)cc1. The summed E-state index contributed by atoms with van der Waals surface area (Å²) < 4.78 is 16.3. The minimum absolute atomic E-state index is 0.0806. The Morgan fingerprint density at radius 1 is 1.09 bits per heavy atom. The highest BCUT2D eigenvalue weighted by atomic mass is 16.6. The summed E-state index contributed by atoms with van der Waals surface area (Å²) in [5.41, 5.74) is 1.66. The normalized spacial score (nSPS) is 16.9. The van der Waals surface area contributed by atoms with Gasteiger partial charge in [0.25, 0.3) is 0 Å². The first kappa shape index (κ1) is 22.4. The fourth-order valence-corrected chi connectivity index (χ4v) is 3.69. The van der Waals surface area contributed by atoms with Crippen LogP contribution in [0, 0.1) is 0 Å². The maximum absolute atomic E-state index is 12.5. The summed E-state index contributed by atoms with van der Waals surface area (Å²) in [5.74, 6) is 0.801. The quantitative estimate of drug-likeness (QED) is 0.492. The van der Waals surface area contributed by atoms with Gasteiger partial charge in [0.15, 0.2) is 11.5 Å². The number of hydrogen-bond donors (Lipinski definition) is 2. The van der Waals surface area contributed by atoms with Crippen LogP contribution in [0.2, 0.25) is 0 Å². The molecule has 2 aromatic carbocycles. The summed E-state index contributed by atoms with van der Waals surface area (Å²) in [5, 5.41) is 5.56. The van der Waals surface area contributed by atoms with Gasteiger partial charge in [0.1, 0.15) is 13.2 Å². The highest BCUT2D eigenvalue weighted by molar-refractivity contribution is 5.98. The van der Waals surface area contributed by atoms with Crippen LogP contribution < -0.4 is 25.0 Å². The van der Waals surface area contributed by atoms with Crippen molar-refractivity contribution in [2.45, 2.75) is 32.2 Å². The predicted molar refractivity (Wildman–Crippen MR) is 122 cm³/mol. The third kappa shape index (κ3) is 5.54. The zero-order valence-corrected chi connectivity index (χ0v) is 18.5. The van der Waals surface area contributed by atoms with E-state index >= 15 is 0 Å². The van der Waals surface area contributed by atoms with E-state index < -0.39 is 6.03 Å². The standard InChI is InChI=1S/C24H27N3O6/c1-2-3-10-33-23(29)16-4-6-17(7-5-16)25-24(30)26-18-13-22(28)27(15-18)19-8-9-20-21(14-19)32-12-11-31-20/h4-9,14,18H,2-3,10-13,15H2,1H3,(H2,25,26,30)/t18-/m1/s1. The number of urea groups is 1. The van der Waals surface area contributed by atoms with Gasteiger partial charge in [-0.1, -0.05) is 13.3 Å². The highest BCUT2D eigenvalue weighted by Crippen LogP contribution is 2.35. The van der Waals surface area contributed by atoms with Crippen LogP contribution >= 0.6 is 0 Å². The molecular formula is C24H27N3O6. The van der Waals surface area contributed by atoms with Crippen LogP contribution in [0.25, 0.3) is 0 Å². The predicted octanol–water partition coefficient (Wildman–Crippen LogP) is 3.34. The number of nitrogens with zero attached hydrogens (tertiary/aromatic N) is 1. The first-order chi connectivity index (χ1) is 16.0. The van der Waals surface area contributed by atoms with Gasteiger partial charge in [-0.25, -0.2) is 9.59 Å². The number of benzene rings is 2. The Balaban J connectivity index is 1.29. The van der Waals surface area contributed by atoms with Gasteiger partial charge in [0.2, 0.25) is 5.91 Å². The number of hydrogen-bond acceptors (Lipinski definition) is 6. The maximum Gasteiger partial charge on any atom is 0.338 e. The van der Waals surface area contributed by atoms with E-state index in [2.05, 4.69) is 10.6 Å². The molecular weight excluding hydrogens is 426 g/mol. The lowest BCUT2D eigenvalue weighted by Crippen LogP contribution is -2.39. The summed E-state index contributed by atoms with van der Waals surface area (Å²) in [7, 11) is 0. The lowest BCUT2D eigenvalue weighted by molar-refractivity contribution is -0.117. The van der Waals surface area contributed by atoms with E-state index in [4.69, 9.17) is 14.2 Å². The molecule has 4 rings (SSSR count). The lowest BCUT2D eigenvalue weighted by Gasteiger charge is -2.22. The zero-order valence-electron chi connectivity index (χ0n) is 18.5. The van der Waals surface area contributed by atoms with Crippen LogP contribution in [-0.4, -0.2) is 50.3 Å². The molecule has 2 N–H and O–H groups in total. The summed E-state index contributed by atoms with van der Waals surface area (Å²) >= 11 is 0. The number of rotatable bonds is 7. The Labute approximate surface area is 192 Å². The molecule has 2 heterocycles. The third-order valence-corrected chi connectivity index (χ3v) is 5.41. The number of nitrogens with one attached hydrogen (secondary N) is 2. The van der Waals surface area contributed by atoms with Crippen molar-refractivity contribution in [3.8, 4) is 11.5 Å². The van der Waals surface area contributed by atoms with Gasteiger partial charge in [-0.3, -0.25) is 4.79 Å². The second-order valence-corrected chi connectivity index (χ2v) is 7.90. The number of ether oxygens (including phenoxy) is 3. The Hall–Kier alpha value is -3.75. The van der Waals surface area contributed by atoms with Crippen LogP contribution in [0.15, 0.2) is 42.5 Å². The number of carbonyl (C=O) groups is 3. The fourth-order valence-electron chi connectivity index (χ4n) is 3.69. The molecule has 174 valence electrons. The smallest absolute Gasteiger partial charge is 0.338 e. The Morgan fingerprint density at radius 2 is 1.85 bits per heavy atom. The van der Waals surface area contributed by atoms with E-state index in [1.54, 1.807) is 41.3 Å². The molecule has 0 spiro atoms. The van der Waals surface area contributed by atoms with E-state index in [9.17, 15) is 14.4 Å². The minimum Gasteiger partial charge on any atom is -0.486 e. The van der Waals surface area contributed by atoms with Crippen LogP contribution in [0.4, 0.5) is 16.2 Å². The molecule has 9 nitrogen and oxygen atoms in total. The molecule has 0 saturated carbocycles. The maximum atomic E-state index is 12.5. The van der Waals surface area contributed by atoms with E-state index in [1.165, 1.54) is 0 Å². The molecule has 0 aromatic heterocycles. The molecule has 0 aliphatic carbocycles. The molecule has 1 saturated heterocycles. The number of esters is 1. The Bertz CT molecular complexity index is 1020. The van der Waals surface area contributed by atoms with Crippen molar-refractivity contribution in [2.24, 2.45) is 0 Å². The number of anilines is 2. The van der Waals surface area contributed by atoms with Gasteiger partial charge in [-0.15, -0.1) is 0 Å². The van der Waals surface area contributed by atoms with Gasteiger partial charge in [0.05, 0.1) is 18.2 Å². The Morgan fingerprint density at radius 3 is 2.61 bits per heavy atom. The number of fused-ring (bicyclic) bond motifs is 1. The first-order valence-corrected chi connectivity index (χ1v) is 11.1. The fraction of sp³-hybridized carbons (Fsp3) is 0.375. The third-order valence-electron chi connectivity index (χ3n) is 5.41. The molecule has 0 radical (unpaired) electrons. The van der Waals surface area contributed by atoms with Crippen LogP contribution in [0.5, 0.6) is 11.5 Å². The average Bonchev–Trinajstić information content (AvgIpc) is 3.18. The van der Waals surface area contributed by atoms with Crippen molar-refractivity contribution in [3.63, 3.8) is 0 Å². The summed E-state index contributed by atoms with van der Waals surface area (Å²) in [6.45, 7) is 3.74. The van der Waals surface area contributed by atoms with Crippen molar-refractivity contribution < 1.29 is 28.6 Å². The highest BCUT2D eigenvalue weighted by Gasteiger charge is 2.32. The molecule has 0 bridgehead atoms. The lowest BCUT2D eigenvalue weighted by atomic mass is 10.2. The first-order valence-electron chi connectivity index (χ1n) is 11.1. The average molecular weight is 453 g/mol. The van der Waals surface area contributed by atoms with Crippen LogP contribution in [0.3, 0.4) is 0 Å². The molecule has 3 amide bonds. The molecule has 0 unspecified atom stereocenters. The van der Waals surface area contributed by atoms with E-state index in [0.29, 0.717) is 54.8 Å². The molecule has 9 heteroatoms. The van der Waals surface area contributed by atoms with Crippen molar-refractivity contribution >= 4 is 29.3 Å². The van der Waals surface area contributed by atoms with E-state index in [-0.39, 0.29) is 24.3 Å². The van der Waals surface area contributed by atoms with Gasteiger partial charge >= 0.3 is 12.0 Å². The van der Waals surface area contributed by atoms with E-state index in [1.807, 2.05) is 13.0 Å². The second kappa shape index (κ2) is 10.2. The summed E-state index contributed by atoms with van der Waals surface area (Å²) in [6.07, 6.45) is 1.97. The number of carbonyl (C=O) groups excluding carboxylic acids is 3. The molecule has 2 aliphatic heterocycles. The van der Waals surface area contributed by atoms with Gasteiger partial charge in [0, 0.05) is 30.4 Å². The van der Waals surface area contributed by atoms with Crippen LogP contribution in [-0.2, 0) is 9.53 Å². The minimum atomic E-state index is -0.421. The van der Waals surface area contributed by atoms with Crippen molar-refractivity contribution in [2.75, 3.05) is 36.6 Å². The summed E-state index contributed by atoms with van der Waals surface area (Å²) in [4.78, 5) is 38.5.